The van der Waals surface area contributed by atoms with Gasteiger partial charge in [-0.15, -0.1) is 11.3 Å². The van der Waals surface area contributed by atoms with Crippen molar-refractivity contribution in [1.29, 1.82) is 0 Å². The van der Waals surface area contributed by atoms with Crippen LogP contribution < -0.4 is 9.47 Å². The lowest BCUT2D eigenvalue weighted by Crippen LogP contribution is -2.43. The minimum atomic E-state index is -0.511. The van der Waals surface area contributed by atoms with Gasteiger partial charge in [0.15, 0.2) is 24.2 Å². The number of rotatable bonds is 5. The van der Waals surface area contributed by atoms with Crippen LogP contribution in [0.15, 0.2) is 40.2 Å². The van der Waals surface area contributed by atoms with E-state index in [1.54, 1.807) is 19.2 Å². The van der Waals surface area contributed by atoms with E-state index in [2.05, 4.69) is 15.9 Å². The molecule has 0 saturated carbocycles. The highest BCUT2D eigenvalue weighted by Crippen LogP contribution is 2.31. The number of hydrogen-bond acceptors (Lipinski definition) is 6. The highest BCUT2D eigenvalue weighted by Gasteiger charge is 2.24. The minimum absolute atomic E-state index is 0.271. The molecule has 1 atom stereocenters. The molecular weight excluding hydrogens is 410 g/mol. The number of likely N-dealkylation sites (N-methyl/N-ethyl adjacent to an activating group) is 1. The number of ether oxygens (including phenoxy) is 3. The summed E-state index contributed by atoms with van der Waals surface area (Å²) in [5.41, 5.74) is 0. The Morgan fingerprint density at radius 3 is 2.76 bits per heavy atom. The number of nitrogens with zero attached hydrogens (tertiary/aromatic N) is 1. The zero-order valence-electron chi connectivity index (χ0n) is 13.4. The smallest absolute Gasteiger partial charge is 0.348 e. The normalized spacial score (nSPS) is 15.5. The van der Waals surface area contributed by atoms with E-state index in [1.165, 1.54) is 16.2 Å². The topological polar surface area (TPSA) is 65.1 Å². The number of esters is 1. The number of fused-ring (bicyclic) bond motifs is 1. The molecule has 1 amide bonds. The molecule has 2 heterocycles. The lowest BCUT2D eigenvalue weighted by Gasteiger charge is -2.29. The number of hydrogen-bond donors (Lipinski definition) is 0. The predicted octanol–water partition coefficient (Wildman–Crippen LogP) is 2.97. The molecule has 1 aromatic carbocycles. The van der Waals surface area contributed by atoms with Gasteiger partial charge in [-0.25, -0.2) is 4.79 Å². The molecule has 0 N–H and O–H groups in total. The minimum Gasteiger partial charge on any atom is -0.486 e. The molecule has 1 aliphatic heterocycles. The molecule has 25 heavy (non-hydrogen) atoms. The number of benzene rings is 1. The molecule has 0 fully saturated rings. The van der Waals surface area contributed by atoms with Gasteiger partial charge in [-0.1, -0.05) is 12.1 Å². The average Bonchev–Trinajstić information content (AvgIpc) is 3.05. The quantitative estimate of drug-likeness (QED) is 0.688. The molecule has 132 valence electrons. The van der Waals surface area contributed by atoms with Crippen LogP contribution in [0.25, 0.3) is 0 Å². The Balaban J connectivity index is 1.47. The molecule has 6 nitrogen and oxygen atoms in total. The molecule has 3 rings (SSSR count). The Bertz CT molecular complexity index is 778. The maximum absolute atomic E-state index is 12.1. The van der Waals surface area contributed by atoms with E-state index in [0.717, 1.165) is 3.79 Å². The van der Waals surface area contributed by atoms with Crippen LogP contribution in [0.2, 0.25) is 0 Å². The van der Waals surface area contributed by atoms with Crippen LogP contribution in [-0.2, 0) is 9.53 Å². The maximum Gasteiger partial charge on any atom is 0.348 e. The van der Waals surface area contributed by atoms with Gasteiger partial charge in [0.05, 0.1) is 10.3 Å². The summed E-state index contributed by atoms with van der Waals surface area (Å²) in [4.78, 5) is 25.9. The van der Waals surface area contributed by atoms with Gasteiger partial charge in [0.1, 0.15) is 11.5 Å². The molecular formula is C17H16BrNO5S. The number of carbonyl (C=O) groups excluding carboxylic acids is 2. The highest BCUT2D eigenvalue weighted by molar-refractivity contribution is 9.11. The van der Waals surface area contributed by atoms with Crippen LogP contribution in [0.1, 0.15) is 9.67 Å². The van der Waals surface area contributed by atoms with Gasteiger partial charge in [0, 0.05) is 7.05 Å². The second-order valence-corrected chi connectivity index (χ2v) is 7.91. The third-order valence-electron chi connectivity index (χ3n) is 3.57. The van der Waals surface area contributed by atoms with Crippen molar-refractivity contribution in [2.45, 2.75) is 6.10 Å². The number of para-hydroxylation sites is 2. The Kier molecular flexibility index (Phi) is 5.60. The summed E-state index contributed by atoms with van der Waals surface area (Å²) in [7, 11) is 1.64. The van der Waals surface area contributed by atoms with Crippen LogP contribution in [0.4, 0.5) is 0 Å². The Morgan fingerprint density at radius 1 is 1.28 bits per heavy atom. The summed E-state index contributed by atoms with van der Waals surface area (Å²) in [5.74, 6) is 0.549. The maximum atomic E-state index is 12.1. The molecule has 1 aromatic heterocycles. The Hall–Kier alpha value is -2.06. The summed E-state index contributed by atoms with van der Waals surface area (Å²) in [5, 5.41) is 0. The largest absolute Gasteiger partial charge is 0.486 e. The predicted molar refractivity (Wildman–Crippen MR) is 96.3 cm³/mol. The van der Waals surface area contributed by atoms with E-state index in [-0.39, 0.29) is 18.6 Å². The average molecular weight is 426 g/mol. The second kappa shape index (κ2) is 7.88. The van der Waals surface area contributed by atoms with Gasteiger partial charge in [0.2, 0.25) is 0 Å². The van der Waals surface area contributed by atoms with Gasteiger partial charge in [-0.05, 0) is 40.2 Å². The third-order valence-corrected chi connectivity index (χ3v) is 5.18. The van der Waals surface area contributed by atoms with Crippen LogP contribution in [0.3, 0.4) is 0 Å². The van der Waals surface area contributed by atoms with Gasteiger partial charge in [-0.3, -0.25) is 4.79 Å². The molecule has 0 saturated heterocycles. The first kappa shape index (κ1) is 17.8. The molecule has 0 spiro atoms. The SMILES string of the molecule is CN(C[C@H]1COc2ccccc2O1)C(=O)COC(=O)c1ccc(Br)s1. The third kappa shape index (κ3) is 4.52. The summed E-state index contributed by atoms with van der Waals surface area (Å²) < 4.78 is 17.3. The fourth-order valence-electron chi connectivity index (χ4n) is 2.29. The van der Waals surface area contributed by atoms with Crippen molar-refractivity contribution in [1.82, 2.24) is 4.90 Å². The molecule has 2 aromatic rings. The van der Waals surface area contributed by atoms with E-state index in [1.807, 2.05) is 24.3 Å². The molecule has 8 heteroatoms. The summed E-state index contributed by atoms with van der Waals surface area (Å²) in [6.45, 7) is 0.391. The van der Waals surface area contributed by atoms with Crippen molar-refractivity contribution < 1.29 is 23.8 Å². The fraction of sp³-hybridized carbons (Fsp3) is 0.294. The van der Waals surface area contributed by atoms with Gasteiger partial charge >= 0.3 is 5.97 Å². The number of amides is 1. The van der Waals surface area contributed by atoms with Crippen molar-refractivity contribution in [3.05, 3.63) is 45.1 Å². The molecule has 1 aliphatic rings. The van der Waals surface area contributed by atoms with Crippen LogP contribution in [0.5, 0.6) is 11.5 Å². The van der Waals surface area contributed by atoms with E-state index in [9.17, 15) is 9.59 Å². The molecule has 0 bridgehead atoms. The van der Waals surface area contributed by atoms with Gasteiger partial charge in [-0.2, -0.15) is 0 Å². The van der Waals surface area contributed by atoms with Crippen molar-refractivity contribution in [3.63, 3.8) is 0 Å². The van der Waals surface area contributed by atoms with Gasteiger partial charge < -0.3 is 19.1 Å². The van der Waals surface area contributed by atoms with Crippen molar-refractivity contribution in [3.8, 4) is 11.5 Å². The van der Waals surface area contributed by atoms with Crippen LogP contribution in [0, 0.1) is 0 Å². The van der Waals surface area contributed by atoms with Crippen LogP contribution in [-0.4, -0.2) is 49.7 Å². The first-order valence-corrected chi connectivity index (χ1v) is 9.19. The lowest BCUT2D eigenvalue weighted by molar-refractivity contribution is -0.134. The second-order valence-electron chi connectivity index (χ2n) is 5.45. The van der Waals surface area contributed by atoms with Crippen LogP contribution >= 0.6 is 27.3 Å². The highest BCUT2D eigenvalue weighted by atomic mass is 79.9. The monoisotopic (exact) mass is 425 g/mol. The zero-order valence-corrected chi connectivity index (χ0v) is 15.8. The van der Waals surface area contributed by atoms with E-state index >= 15 is 0 Å². The summed E-state index contributed by atoms with van der Waals surface area (Å²) >= 11 is 4.54. The number of halogens is 1. The Labute approximate surface area is 157 Å². The fourth-order valence-corrected chi connectivity index (χ4v) is 3.57. The summed E-state index contributed by atoms with van der Waals surface area (Å²) in [6, 6.07) is 10.8. The molecule has 0 aliphatic carbocycles. The Morgan fingerprint density at radius 2 is 2.04 bits per heavy atom. The van der Waals surface area contributed by atoms with E-state index < -0.39 is 5.97 Å². The van der Waals surface area contributed by atoms with Crippen molar-refractivity contribution in [2.24, 2.45) is 0 Å². The molecule has 0 radical (unpaired) electrons. The van der Waals surface area contributed by atoms with E-state index in [4.69, 9.17) is 14.2 Å². The number of carbonyl (C=O) groups is 2. The number of thiophene rings is 1. The van der Waals surface area contributed by atoms with Gasteiger partial charge in [0.25, 0.3) is 5.91 Å². The first-order chi connectivity index (χ1) is 12.0. The lowest BCUT2D eigenvalue weighted by atomic mass is 10.2. The standard InChI is InChI=1S/C17H16BrNO5S/c1-19(8-11-9-22-12-4-2-3-5-13(12)24-11)16(20)10-23-17(21)14-6-7-15(18)25-14/h2-7,11H,8-10H2,1H3/t11-/m0/s1. The molecule has 0 unspecified atom stereocenters. The van der Waals surface area contributed by atoms with Crippen molar-refractivity contribution >= 4 is 39.1 Å². The van der Waals surface area contributed by atoms with Crippen molar-refractivity contribution in [2.75, 3.05) is 26.8 Å². The first-order valence-electron chi connectivity index (χ1n) is 7.58. The summed E-state index contributed by atoms with van der Waals surface area (Å²) in [6.07, 6.45) is -0.271. The van der Waals surface area contributed by atoms with E-state index in [0.29, 0.717) is 29.5 Å². The zero-order chi connectivity index (χ0) is 17.8.